The number of rotatable bonds is 3. The Bertz CT molecular complexity index is 625. The summed E-state index contributed by atoms with van der Waals surface area (Å²) >= 11 is 12.0. The van der Waals surface area contributed by atoms with Crippen LogP contribution >= 0.6 is 23.2 Å². The van der Waals surface area contributed by atoms with Gasteiger partial charge < -0.3 is 19.9 Å². The largest absolute Gasteiger partial charge is 0.449 e. The molecule has 8 heteroatoms. The molecule has 1 saturated heterocycles. The Labute approximate surface area is 158 Å². The van der Waals surface area contributed by atoms with Crippen LogP contribution in [-0.4, -0.2) is 54.7 Å². The van der Waals surface area contributed by atoms with Gasteiger partial charge in [-0.05, 0) is 30.5 Å². The second-order valence-corrected chi connectivity index (χ2v) is 7.20. The number of carbonyl (C=O) groups is 2. The fourth-order valence-corrected chi connectivity index (χ4v) is 2.76. The van der Waals surface area contributed by atoms with Crippen molar-refractivity contribution < 1.29 is 14.3 Å². The molecule has 0 radical (unpaired) electrons. The van der Waals surface area contributed by atoms with Gasteiger partial charge in [-0.25, -0.2) is 9.59 Å². The molecule has 1 aromatic carbocycles. The molecule has 0 atom stereocenters. The minimum Gasteiger partial charge on any atom is -0.449 e. The summed E-state index contributed by atoms with van der Waals surface area (Å²) in [6.45, 7) is 6.36. The highest BCUT2D eigenvalue weighted by molar-refractivity contribution is 6.35. The number of ether oxygens (including phenoxy) is 1. The van der Waals surface area contributed by atoms with E-state index in [1.165, 1.54) is 0 Å². The van der Waals surface area contributed by atoms with Crippen molar-refractivity contribution in [3.8, 4) is 0 Å². The molecule has 6 nitrogen and oxygen atoms in total. The predicted molar refractivity (Wildman–Crippen MR) is 99.4 cm³/mol. The number of urea groups is 1. The lowest BCUT2D eigenvalue weighted by molar-refractivity contribution is 0.0934. The average molecular weight is 388 g/mol. The van der Waals surface area contributed by atoms with E-state index in [0.717, 1.165) is 0 Å². The molecule has 0 aromatic heterocycles. The molecule has 25 heavy (non-hydrogen) atoms. The smallest absolute Gasteiger partial charge is 0.409 e. The molecule has 1 heterocycles. The zero-order valence-corrected chi connectivity index (χ0v) is 15.9. The summed E-state index contributed by atoms with van der Waals surface area (Å²) in [6, 6.07) is 4.64. The Balaban J connectivity index is 1.90. The SMILES string of the molecule is CC(C)COC(=O)N1CCCN(C(=O)Nc2cc(Cl)ccc2Cl)CC1. The Kier molecular flexibility index (Phi) is 7.20. The third-order valence-electron chi connectivity index (χ3n) is 3.75. The Hall–Kier alpha value is -1.66. The van der Waals surface area contributed by atoms with Crippen LogP contribution in [0.1, 0.15) is 20.3 Å². The number of hydrogen-bond acceptors (Lipinski definition) is 3. The first kappa shape index (κ1) is 19.7. The van der Waals surface area contributed by atoms with Gasteiger partial charge in [0.15, 0.2) is 0 Å². The van der Waals surface area contributed by atoms with Gasteiger partial charge in [-0.3, -0.25) is 0 Å². The van der Waals surface area contributed by atoms with Crippen molar-refractivity contribution >= 4 is 41.0 Å². The van der Waals surface area contributed by atoms with E-state index in [0.29, 0.717) is 60.9 Å². The van der Waals surface area contributed by atoms with Gasteiger partial charge in [-0.2, -0.15) is 0 Å². The van der Waals surface area contributed by atoms with Crippen molar-refractivity contribution in [2.24, 2.45) is 5.92 Å². The molecule has 0 unspecified atom stereocenters. The van der Waals surface area contributed by atoms with E-state index in [4.69, 9.17) is 27.9 Å². The number of hydrogen-bond donors (Lipinski definition) is 1. The van der Waals surface area contributed by atoms with Gasteiger partial charge >= 0.3 is 12.1 Å². The lowest BCUT2D eigenvalue weighted by Crippen LogP contribution is -2.39. The fourth-order valence-electron chi connectivity index (χ4n) is 2.42. The molecule has 0 spiro atoms. The summed E-state index contributed by atoms with van der Waals surface area (Å²) in [5.41, 5.74) is 0.469. The molecule has 138 valence electrons. The Morgan fingerprint density at radius 1 is 1.16 bits per heavy atom. The zero-order chi connectivity index (χ0) is 18.4. The summed E-state index contributed by atoms with van der Waals surface area (Å²) < 4.78 is 5.25. The van der Waals surface area contributed by atoms with E-state index in [2.05, 4.69) is 5.32 Å². The van der Waals surface area contributed by atoms with Crippen LogP contribution in [0.15, 0.2) is 18.2 Å². The van der Waals surface area contributed by atoms with Crippen LogP contribution < -0.4 is 5.32 Å². The van der Waals surface area contributed by atoms with Crippen molar-refractivity contribution in [3.05, 3.63) is 28.2 Å². The standard InChI is InChI=1S/C17H23Cl2N3O3/c1-12(2)11-25-17(24)22-7-3-6-21(8-9-22)16(23)20-15-10-13(18)4-5-14(15)19/h4-5,10,12H,3,6-9,11H2,1-2H3,(H,20,23). The lowest BCUT2D eigenvalue weighted by atomic mass is 10.2. The minimum absolute atomic E-state index is 0.262. The summed E-state index contributed by atoms with van der Waals surface area (Å²) in [5, 5.41) is 3.69. The van der Waals surface area contributed by atoms with Gasteiger partial charge in [0.05, 0.1) is 17.3 Å². The van der Waals surface area contributed by atoms with Crippen LogP contribution in [0.5, 0.6) is 0 Å². The summed E-state index contributed by atoms with van der Waals surface area (Å²) in [4.78, 5) is 27.8. The Morgan fingerprint density at radius 2 is 1.84 bits per heavy atom. The van der Waals surface area contributed by atoms with E-state index in [-0.39, 0.29) is 12.1 Å². The second kappa shape index (κ2) is 9.15. The third-order valence-corrected chi connectivity index (χ3v) is 4.32. The van der Waals surface area contributed by atoms with Crippen LogP contribution in [-0.2, 0) is 4.74 Å². The molecule has 2 rings (SSSR count). The van der Waals surface area contributed by atoms with Crippen molar-refractivity contribution in [3.63, 3.8) is 0 Å². The lowest BCUT2D eigenvalue weighted by Gasteiger charge is -2.22. The highest BCUT2D eigenvalue weighted by Crippen LogP contribution is 2.25. The molecule has 0 saturated carbocycles. The fraction of sp³-hybridized carbons (Fsp3) is 0.529. The van der Waals surface area contributed by atoms with Gasteiger partial charge in [0, 0.05) is 31.2 Å². The molecule has 3 amide bonds. The number of anilines is 1. The second-order valence-electron chi connectivity index (χ2n) is 6.35. The molecule has 0 bridgehead atoms. The van der Waals surface area contributed by atoms with Gasteiger partial charge in [-0.1, -0.05) is 37.0 Å². The number of carbonyl (C=O) groups excluding carboxylic acids is 2. The molecule has 1 N–H and O–H groups in total. The van der Waals surface area contributed by atoms with E-state index in [9.17, 15) is 9.59 Å². The number of benzene rings is 1. The first-order valence-corrected chi connectivity index (χ1v) is 9.05. The van der Waals surface area contributed by atoms with E-state index < -0.39 is 0 Å². The highest BCUT2D eigenvalue weighted by atomic mass is 35.5. The van der Waals surface area contributed by atoms with E-state index in [1.807, 2.05) is 13.8 Å². The van der Waals surface area contributed by atoms with E-state index in [1.54, 1.807) is 28.0 Å². The van der Waals surface area contributed by atoms with Crippen LogP contribution in [0.2, 0.25) is 10.0 Å². The monoisotopic (exact) mass is 387 g/mol. The summed E-state index contributed by atoms with van der Waals surface area (Å²) in [7, 11) is 0. The van der Waals surface area contributed by atoms with Crippen molar-refractivity contribution in [1.29, 1.82) is 0 Å². The summed E-state index contributed by atoms with van der Waals surface area (Å²) in [5.74, 6) is 0.292. The molecular formula is C17H23Cl2N3O3. The van der Waals surface area contributed by atoms with Gasteiger partial charge in [0.25, 0.3) is 0 Å². The van der Waals surface area contributed by atoms with Gasteiger partial charge in [-0.15, -0.1) is 0 Å². The first-order chi connectivity index (χ1) is 11.9. The summed E-state index contributed by atoms with van der Waals surface area (Å²) in [6.07, 6.45) is 0.363. The highest BCUT2D eigenvalue weighted by Gasteiger charge is 2.23. The number of halogens is 2. The Morgan fingerprint density at radius 3 is 2.56 bits per heavy atom. The molecule has 1 aliphatic rings. The molecule has 1 fully saturated rings. The maximum Gasteiger partial charge on any atom is 0.409 e. The molecular weight excluding hydrogens is 365 g/mol. The van der Waals surface area contributed by atoms with Gasteiger partial charge in [0.2, 0.25) is 0 Å². The van der Waals surface area contributed by atoms with E-state index >= 15 is 0 Å². The minimum atomic E-state index is -0.325. The quantitative estimate of drug-likeness (QED) is 0.839. The van der Waals surface area contributed by atoms with Gasteiger partial charge in [0.1, 0.15) is 0 Å². The zero-order valence-electron chi connectivity index (χ0n) is 14.4. The maximum atomic E-state index is 12.5. The third kappa shape index (κ3) is 5.97. The number of nitrogens with zero attached hydrogens (tertiary/aromatic N) is 2. The van der Waals surface area contributed by atoms with Crippen LogP contribution in [0.3, 0.4) is 0 Å². The van der Waals surface area contributed by atoms with Crippen LogP contribution in [0.4, 0.5) is 15.3 Å². The molecule has 1 aliphatic heterocycles. The first-order valence-electron chi connectivity index (χ1n) is 8.29. The molecule has 1 aromatic rings. The maximum absolute atomic E-state index is 12.5. The van der Waals surface area contributed by atoms with Crippen LogP contribution in [0, 0.1) is 5.92 Å². The van der Waals surface area contributed by atoms with Crippen molar-refractivity contribution in [1.82, 2.24) is 9.80 Å². The average Bonchev–Trinajstić information content (AvgIpc) is 2.82. The number of nitrogens with one attached hydrogen (secondary N) is 1. The van der Waals surface area contributed by atoms with Crippen molar-refractivity contribution in [2.45, 2.75) is 20.3 Å². The normalized spacial score (nSPS) is 15.1. The predicted octanol–water partition coefficient (Wildman–Crippen LogP) is 4.33. The van der Waals surface area contributed by atoms with Crippen LogP contribution in [0.25, 0.3) is 0 Å². The van der Waals surface area contributed by atoms with Crippen molar-refractivity contribution in [2.75, 3.05) is 38.1 Å². The molecule has 0 aliphatic carbocycles. The number of amides is 3. The topological polar surface area (TPSA) is 61.9 Å².